The van der Waals surface area contributed by atoms with Gasteiger partial charge in [-0.25, -0.2) is 13.8 Å². The van der Waals surface area contributed by atoms with E-state index >= 15 is 0 Å². The van der Waals surface area contributed by atoms with Crippen molar-refractivity contribution in [1.29, 1.82) is 0 Å². The Morgan fingerprint density at radius 2 is 1.94 bits per heavy atom. The lowest BCUT2D eigenvalue weighted by Gasteiger charge is -2.07. The summed E-state index contributed by atoms with van der Waals surface area (Å²) in [5, 5.41) is 18.1. The van der Waals surface area contributed by atoms with Crippen molar-refractivity contribution >= 4 is 22.6 Å². The fourth-order valence-electron chi connectivity index (χ4n) is 3.46. The van der Waals surface area contributed by atoms with Gasteiger partial charge in [-0.1, -0.05) is 16.8 Å². The first-order valence-corrected chi connectivity index (χ1v) is 10.4. The van der Waals surface area contributed by atoms with Gasteiger partial charge in [0.25, 0.3) is 0 Å². The van der Waals surface area contributed by atoms with E-state index in [-0.39, 0.29) is 16.3 Å². The van der Waals surface area contributed by atoms with Crippen molar-refractivity contribution in [2.45, 2.75) is 6.54 Å². The first-order chi connectivity index (χ1) is 16.0. The second kappa shape index (κ2) is 8.64. The molecule has 11 heteroatoms. The first kappa shape index (κ1) is 21.1. The molecule has 0 unspecified atom stereocenters. The van der Waals surface area contributed by atoms with Gasteiger partial charge in [-0.2, -0.15) is 5.10 Å². The lowest BCUT2D eigenvalue weighted by molar-refractivity contribution is 0.565. The smallest absolute Gasteiger partial charge is 0.144 e. The molecule has 0 bridgehead atoms. The van der Waals surface area contributed by atoms with Gasteiger partial charge >= 0.3 is 0 Å². The van der Waals surface area contributed by atoms with Crippen molar-refractivity contribution in [3.63, 3.8) is 0 Å². The van der Waals surface area contributed by atoms with Crippen LogP contribution in [-0.4, -0.2) is 48.8 Å². The number of halogens is 3. The van der Waals surface area contributed by atoms with E-state index in [1.165, 1.54) is 6.07 Å². The quantitative estimate of drug-likeness (QED) is 0.366. The Balaban J connectivity index is 1.54. The molecule has 0 aliphatic carbocycles. The minimum atomic E-state index is -0.833. The molecule has 0 saturated heterocycles. The summed E-state index contributed by atoms with van der Waals surface area (Å²) in [6.07, 6.45) is 5.17. The molecule has 5 aromatic rings. The van der Waals surface area contributed by atoms with Crippen molar-refractivity contribution in [2.24, 2.45) is 0 Å². The maximum absolute atomic E-state index is 14.5. The second-order valence-corrected chi connectivity index (χ2v) is 7.73. The number of aromatic amines is 1. The second-order valence-electron chi connectivity index (χ2n) is 7.32. The molecule has 0 radical (unpaired) electrons. The fourth-order valence-corrected chi connectivity index (χ4v) is 3.62. The van der Waals surface area contributed by atoms with Crippen LogP contribution in [0.4, 0.5) is 8.78 Å². The summed E-state index contributed by atoms with van der Waals surface area (Å²) in [4.78, 5) is 9.17. The Morgan fingerprint density at radius 1 is 1.06 bits per heavy atom. The fraction of sp³-hybridized carbons (Fsp3) is 0.136. The van der Waals surface area contributed by atoms with E-state index in [0.29, 0.717) is 34.5 Å². The molecule has 0 aliphatic rings. The van der Waals surface area contributed by atoms with Gasteiger partial charge in [0.05, 0.1) is 34.5 Å². The Hall–Kier alpha value is -3.76. The zero-order chi connectivity index (χ0) is 22.9. The molecule has 0 fully saturated rings. The molecule has 5 rings (SSSR count). The van der Waals surface area contributed by atoms with E-state index in [1.807, 2.05) is 25.4 Å². The number of rotatable bonds is 6. The largest absolute Gasteiger partial charge is 0.318 e. The van der Waals surface area contributed by atoms with E-state index in [4.69, 9.17) is 16.6 Å². The summed E-state index contributed by atoms with van der Waals surface area (Å²) in [5.74, 6) is -1.60. The van der Waals surface area contributed by atoms with Crippen molar-refractivity contribution in [1.82, 2.24) is 40.5 Å². The lowest BCUT2D eigenvalue weighted by Crippen LogP contribution is -2.15. The van der Waals surface area contributed by atoms with Crippen molar-refractivity contribution in [2.75, 3.05) is 13.6 Å². The third-order valence-electron chi connectivity index (χ3n) is 5.14. The SMILES string of the molecule is CNCCn1cc(-c2cnc3ccc(-c4c[nH]nc4-c4cc(Cl)c(F)cc4F)nc3c2)nn1. The molecule has 2 N–H and O–H groups in total. The van der Waals surface area contributed by atoms with Gasteiger partial charge in [0.2, 0.25) is 0 Å². The van der Waals surface area contributed by atoms with Crippen LogP contribution in [0.5, 0.6) is 0 Å². The molecule has 1 aromatic carbocycles. The Kier molecular flexibility index (Phi) is 5.53. The van der Waals surface area contributed by atoms with Crippen LogP contribution in [0.3, 0.4) is 0 Å². The summed E-state index contributed by atoms with van der Waals surface area (Å²) in [5.41, 5.74) is 4.20. The van der Waals surface area contributed by atoms with Crippen LogP contribution in [-0.2, 0) is 6.54 Å². The van der Waals surface area contributed by atoms with Crippen LogP contribution in [0.2, 0.25) is 5.02 Å². The number of likely N-dealkylation sites (N-methyl/N-ethyl adjacent to an activating group) is 1. The molecule has 8 nitrogen and oxygen atoms in total. The average Bonchev–Trinajstić information content (AvgIpc) is 3.49. The molecule has 166 valence electrons. The predicted molar refractivity (Wildman–Crippen MR) is 120 cm³/mol. The normalized spacial score (nSPS) is 11.4. The summed E-state index contributed by atoms with van der Waals surface area (Å²) in [6, 6.07) is 7.40. The van der Waals surface area contributed by atoms with Crippen LogP contribution < -0.4 is 5.32 Å². The number of nitrogens with zero attached hydrogens (tertiary/aromatic N) is 6. The van der Waals surface area contributed by atoms with E-state index in [1.54, 1.807) is 23.1 Å². The van der Waals surface area contributed by atoms with Gasteiger partial charge in [0.15, 0.2) is 0 Å². The van der Waals surface area contributed by atoms with Crippen LogP contribution in [0, 0.1) is 11.6 Å². The van der Waals surface area contributed by atoms with Gasteiger partial charge in [0.1, 0.15) is 23.0 Å². The number of H-pyrrole nitrogens is 1. The van der Waals surface area contributed by atoms with Crippen molar-refractivity contribution in [3.05, 3.63) is 65.6 Å². The van der Waals surface area contributed by atoms with Gasteiger partial charge in [-0.3, -0.25) is 14.8 Å². The minimum Gasteiger partial charge on any atom is -0.318 e. The van der Waals surface area contributed by atoms with Gasteiger partial charge < -0.3 is 5.32 Å². The number of nitrogens with one attached hydrogen (secondary N) is 2. The number of pyridine rings is 2. The van der Waals surface area contributed by atoms with Gasteiger partial charge in [-0.05, 0) is 31.3 Å². The third kappa shape index (κ3) is 4.06. The molecule has 0 spiro atoms. The Morgan fingerprint density at radius 3 is 2.79 bits per heavy atom. The number of benzene rings is 1. The van der Waals surface area contributed by atoms with E-state index in [9.17, 15) is 8.78 Å². The summed E-state index contributed by atoms with van der Waals surface area (Å²) in [7, 11) is 1.87. The van der Waals surface area contributed by atoms with Crippen LogP contribution in [0.25, 0.3) is 44.8 Å². The summed E-state index contributed by atoms with van der Waals surface area (Å²) in [6.45, 7) is 1.47. The van der Waals surface area contributed by atoms with Crippen LogP contribution in [0.1, 0.15) is 0 Å². The monoisotopic (exact) mass is 466 g/mol. The first-order valence-electron chi connectivity index (χ1n) is 10.0. The summed E-state index contributed by atoms with van der Waals surface area (Å²) < 4.78 is 29.8. The number of hydrogen-bond donors (Lipinski definition) is 2. The lowest BCUT2D eigenvalue weighted by atomic mass is 10.0. The molecule has 0 aliphatic heterocycles. The topological polar surface area (TPSA) is 97.2 Å². The van der Waals surface area contributed by atoms with Crippen molar-refractivity contribution in [3.8, 4) is 33.8 Å². The predicted octanol–water partition coefficient (Wildman–Crippen LogP) is 4.10. The maximum Gasteiger partial charge on any atom is 0.144 e. The zero-order valence-corrected chi connectivity index (χ0v) is 18.1. The molecule has 0 amide bonds. The highest BCUT2D eigenvalue weighted by Gasteiger charge is 2.18. The minimum absolute atomic E-state index is 0.0737. The van der Waals surface area contributed by atoms with Crippen molar-refractivity contribution < 1.29 is 8.78 Å². The maximum atomic E-state index is 14.5. The molecule has 33 heavy (non-hydrogen) atoms. The molecular weight excluding hydrogens is 450 g/mol. The van der Waals surface area contributed by atoms with E-state index in [0.717, 1.165) is 18.2 Å². The van der Waals surface area contributed by atoms with Gasteiger partial charge in [-0.15, -0.1) is 5.10 Å². The van der Waals surface area contributed by atoms with Gasteiger partial charge in [0, 0.05) is 41.7 Å². The Bertz CT molecular complexity index is 1460. The van der Waals surface area contributed by atoms with Crippen LogP contribution in [0.15, 0.2) is 48.9 Å². The molecule has 0 atom stereocenters. The average molecular weight is 467 g/mol. The number of fused-ring (bicyclic) bond motifs is 1. The molecule has 4 heterocycles. The molecule has 4 aromatic heterocycles. The third-order valence-corrected chi connectivity index (χ3v) is 5.43. The molecule has 0 saturated carbocycles. The highest BCUT2D eigenvalue weighted by molar-refractivity contribution is 6.31. The van der Waals surface area contributed by atoms with E-state index < -0.39 is 11.6 Å². The highest BCUT2D eigenvalue weighted by atomic mass is 35.5. The number of hydrogen-bond acceptors (Lipinski definition) is 6. The number of aromatic nitrogens is 7. The van der Waals surface area contributed by atoms with Crippen LogP contribution >= 0.6 is 11.6 Å². The standard InChI is InChI=1S/C22H17ClF2N8/c1-26-4-5-33-11-21(30-32-33)12-6-20-19(27-9-12)3-2-18(29-20)14-10-28-31-22(14)13-7-15(23)17(25)8-16(13)24/h2-3,6-11,26H,4-5H2,1H3,(H,28,31). The molecular formula is C22H17ClF2N8. The Labute approximate surface area is 191 Å². The van der Waals surface area contributed by atoms with E-state index in [2.05, 4.69) is 30.8 Å². The summed E-state index contributed by atoms with van der Waals surface area (Å²) >= 11 is 5.86. The zero-order valence-electron chi connectivity index (χ0n) is 17.4. The highest BCUT2D eigenvalue weighted by Crippen LogP contribution is 2.34.